The standard InChI is InChI=1S/C13H15FN2O3S/c1-19-6-7(17)5-16-13(18)12-11(15)10-8(14)3-2-4-9(10)20-12/h2-4,7,17H,5-6,15H2,1H3,(H,16,18). The summed E-state index contributed by atoms with van der Waals surface area (Å²) in [5, 5.41) is 12.3. The molecule has 2 aromatic rings. The molecule has 0 radical (unpaired) electrons. The summed E-state index contributed by atoms with van der Waals surface area (Å²) in [6, 6.07) is 4.57. The molecule has 0 saturated carbocycles. The highest BCUT2D eigenvalue weighted by atomic mass is 32.1. The SMILES string of the molecule is COCC(O)CNC(=O)c1sc2cccc(F)c2c1N. The van der Waals surface area contributed by atoms with Crippen LogP contribution in [0.1, 0.15) is 9.67 Å². The molecule has 0 aliphatic heterocycles. The van der Waals surface area contributed by atoms with Crippen LogP contribution in [0.3, 0.4) is 0 Å². The molecule has 0 aliphatic rings. The molecule has 0 aliphatic carbocycles. The van der Waals surface area contributed by atoms with E-state index in [1.165, 1.54) is 13.2 Å². The molecule has 1 unspecified atom stereocenters. The quantitative estimate of drug-likeness (QED) is 0.778. The second kappa shape index (κ2) is 6.17. The molecule has 0 saturated heterocycles. The predicted molar refractivity (Wildman–Crippen MR) is 76.4 cm³/mol. The lowest BCUT2D eigenvalue weighted by atomic mass is 10.2. The summed E-state index contributed by atoms with van der Waals surface area (Å²) in [5.41, 5.74) is 5.95. The maximum absolute atomic E-state index is 13.7. The fourth-order valence-electron chi connectivity index (χ4n) is 1.84. The molecule has 20 heavy (non-hydrogen) atoms. The zero-order valence-electron chi connectivity index (χ0n) is 10.9. The number of nitrogens with one attached hydrogen (secondary N) is 1. The number of rotatable bonds is 5. The van der Waals surface area contributed by atoms with Gasteiger partial charge in [-0.25, -0.2) is 4.39 Å². The van der Waals surface area contributed by atoms with E-state index in [1.54, 1.807) is 12.1 Å². The highest BCUT2D eigenvalue weighted by molar-refractivity contribution is 7.21. The molecule has 1 aromatic carbocycles. The number of halogens is 1. The second-order valence-electron chi connectivity index (χ2n) is 4.28. The molecule has 1 aromatic heterocycles. The van der Waals surface area contributed by atoms with Gasteiger partial charge in [-0.05, 0) is 12.1 Å². The van der Waals surface area contributed by atoms with Gasteiger partial charge in [0.1, 0.15) is 10.7 Å². The van der Waals surface area contributed by atoms with Crippen molar-refractivity contribution >= 4 is 33.0 Å². The van der Waals surface area contributed by atoms with Crippen LogP contribution in [-0.2, 0) is 4.74 Å². The maximum Gasteiger partial charge on any atom is 0.263 e. The largest absolute Gasteiger partial charge is 0.397 e. The van der Waals surface area contributed by atoms with Crippen LogP contribution in [0.4, 0.5) is 10.1 Å². The molecular weight excluding hydrogens is 283 g/mol. The van der Waals surface area contributed by atoms with Gasteiger partial charge in [0.25, 0.3) is 5.91 Å². The van der Waals surface area contributed by atoms with Crippen LogP contribution < -0.4 is 11.1 Å². The summed E-state index contributed by atoms with van der Waals surface area (Å²) in [6.07, 6.45) is -0.795. The van der Waals surface area contributed by atoms with Gasteiger partial charge in [-0.2, -0.15) is 0 Å². The number of nitrogens with two attached hydrogens (primary N) is 1. The number of methoxy groups -OCH3 is 1. The van der Waals surface area contributed by atoms with Crippen LogP contribution in [-0.4, -0.2) is 37.4 Å². The zero-order chi connectivity index (χ0) is 14.7. The number of benzene rings is 1. The molecular formula is C13H15FN2O3S. The first-order valence-electron chi connectivity index (χ1n) is 5.96. The van der Waals surface area contributed by atoms with Crippen molar-refractivity contribution in [3.05, 3.63) is 28.9 Å². The van der Waals surface area contributed by atoms with Gasteiger partial charge in [-0.15, -0.1) is 11.3 Å². The Kier molecular flexibility index (Phi) is 4.53. The Balaban J connectivity index is 2.19. The third-order valence-corrected chi connectivity index (χ3v) is 3.93. The molecule has 5 nitrogen and oxygen atoms in total. The highest BCUT2D eigenvalue weighted by Crippen LogP contribution is 2.35. The van der Waals surface area contributed by atoms with Crippen molar-refractivity contribution in [2.75, 3.05) is 26.0 Å². The Morgan fingerprint density at radius 1 is 1.60 bits per heavy atom. The highest BCUT2D eigenvalue weighted by Gasteiger charge is 2.19. The number of amides is 1. The number of carbonyl (C=O) groups excluding carboxylic acids is 1. The van der Waals surface area contributed by atoms with Crippen molar-refractivity contribution in [1.29, 1.82) is 0 Å². The Morgan fingerprint density at radius 3 is 3.00 bits per heavy atom. The maximum atomic E-state index is 13.7. The lowest BCUT2D eigenvalue weighted by Crippen LogP contribution is -2.34. The smallest absolute Gasteiger partial charge is 0.263 e. The van der Waals surface area contributed by atoms with Gasteiger partial charge in [0.05, 0.1) is 23.8 Å². The first kappa shape index (κ1) is 14.7. The predicted octanol–water partition coefficient (Wildman–Crippen LogP) is 1.36. The Morgan fingerprint density at radius 2 is 2.35 bits per heavy atom. The van der Waals surface area contributed by atoms with E-state index in [0.29, 0.717) is 4.70 Å². The summed E-state index contributed by atoms with van der Waals surface area (Å²) in [6.45, 7) is 0.166. The fourth-order valence-corrected chi connectivity index (χ4v) is 2.89. The molecule has 7 heteroatoms. The Bertz CT molecular complexity index is 629. The molecule has 1 heterocycles. The van der Waals surface area contributed by atoms with E-state index < -0.39 is 17.8 Å². The third-order valence-electron chi connectivity index (χ3n) is 2.76. The van der Waals surface area contributed by atoms with Crippen LogP contribution in [0.15, 0.2) is 18.2 Å². The van der Waals surface area contributed by atoms with Crippen LogP contribution in [0.25, 0.3) is 10.1 Å². The number of nitrogen functional groups attached to an aromatic ring is 1. The summed E-state index contributed by atoms with van der Waals surface area (Å²) in [4.78, 5) is 12.2. The van der Waals surface area contributed by atoms with E-state index in [2.05, 4.69) is 5.32 Å². The van der Waals surface area contributed by atoms with E-state index in [0.717, 1.165) is 11.3 Å². The Labute approximate surface area is 119 Å². The van der Waals surface area contributed by atoms with Crippen molar-refractivity contribution in [3.63, 3.8) is 0 Å². The van der Waals surface area contributed by atoms with Crippen LogP contribution in [0.2, 0.25) is 0 Å². The van der Waals surface area contributed by atoms with Crippen LogP contribution in [0.5, 0.6) is 0 Å². The summed E-state index contributed by atoms with van der Waals surface area (Å²) >= 11 is 1.12. The van der Waals surface area contributed by atoms with E-state index in [4.69, 9.17) is 10.5 Å². The van der Waals surface area contributed by atoms with Crippen molar-refractivity contribution in [1.82, 2.24) is 5.32 Å². The average Bonchev–Trinajstić information content (AvgIpc) is 2.75. The zero-order valence-corrected chi connectivity index (χ0v) is 11.7. The Hall–Kier alpha value is -1.70. The van der Waals surface area contributed by atoms with Gasteiger partial charge < -0.3 is 20.9 Å². The number of hydrogen-bond acceptors (Lipinski definition) is 5. The number of ether oxygens (including phenoxy) is 1. The monoisotopic (exact) mass is 298 g/mol. The molecule has 2 rings (SSSR count). The molecule has 0 spiro atoms. The van der Waals surface area contributed by atoms with Gasteiger partial charge >= 0.3 is 0 Å². The minimum Gasteiger partial charge on any atom is -0.397 e. The average molecular weight is 298 g/mol. The number of carbonyl (C=O) groups is 1. The molecule has 108 valence electrons. The van der Waals surface area contributed by atoms with Crippen molar-refractivity contribution in [2.24, 2.45) is 0 Å². The molecule has 0 fully saturated rings. The first-order chi connectivity index (χ1) is 9.54. The number of anilines is 1. The summed E-state index contributed by atoms with van der Waals surface area (Å²) < 4.78 is 19.0. The number of aliphatic hydroxyl groups excluding tert-OH is 1. The second-order valence-corrected chi connectivity index (χ2v) is 5.33. The number of fused-ring (bicyclic) bond motifs is 1. The molecule has 1 amide bonds. The fraction of sp³-hybridized carbons (Fsp3) is 0.308. The molecule has 0 bridgehead atoms. The van der Waals surface area contributed by atoms with E-state index in [9.17, 15) is 14.3 Å². The normalized spacial score (nSPS) is 12.6. The van der Waals surface area contributed by atoms with E-state index >= 15 is 0 Å². The molecule has 4 N–H and O–H groups in total. The first-order valence-corrected chi connectivity index (χ1v) is 6.78. The van der Waals surface area contributed by atoms with Crippen molar-refractivity contribution in [2.45, 2.75) is 6.10 Å². The lowest BCUT2D eigenvalue weighted by Gasteiger charge is -2.10. The van der Waals surface area contributed by atoms with Gasteiger partial charge in [0.2, 0.25) is 0 Å². The minimum atomic E-state index is -0.795. The van der Waals surface area contributed by atoms with Gasteiger partial charge in [0.15, 0.2) is 0 Å². The van der Waals surface area contributed by atoms with Gasteiger partial charge in [0, 0.05) is 18.4 Å². The lowest BCUT2D eigenvalue weighted by molar-refractivity contribution is 0.0611. The van der Waals surface area contributed by atoms with Crippen LogP contribution >= 0.6 is 11.3 Å². The number of thiophene rings is 1. The topological polar surface area (TPSA) is 84.6 Å². The van der Waals surface area contributed by atoms with Gasteiger partial charge in [-0.1, -0.05) is 6.07 Å². The molecule has 1 atom stereocenters. The van der Waals surface area contributed by atoms with E-state index in [1.807, 2.05) is 0 Å². The third kappa shape index (κ3) is 2.90. The van der Waals surface area contributed by atoms with Crippen molar-refractivity contribution in [3.8, 4) is 0 Å². The number of hydrogen-bond donors (Lipinski definition) is 3. The van der Waals surface area contributed by atoms with Gasteiger partial charge in [-0.3, -0.25) is 4.79 Å². The summed E-state index contributed by atoms with van der Waals surface area (Å²) in [7, 11) is 1.46. The minimum absolute atomic E-state index is 0.0445. The summed E-state index contributed by atoms with van der Waals surface area (Å²) in [5.74, 6) is -0.882. The van der Waals surface area contributed by atoms with Crippen molar-refractivity contribution < 1.29 is 19.0 Å². The number of aliphatic hydroxyl groups is 1. The van der Waals surface area contributed by atoms with E-state index in [-0.39, 0.29) is 29.1 Å². The van der Waals surface area contributed by atoms with Crippen LogP contribution in [0, 0.1) is 5.82 Å².